The number of aromatic nitrogens is 2. The summed E-state index contributed by atoms with van der Waals surface area (Å²) in [7, 11) is 0. The van der Waals surface area contributed by atoms with Gasteiger partial charge in [-0.3, -0.25) is 0 Å². The highest BCUT2D eigenvalue weighted by atomic mass is 32.1. The largest absolute Gasteiger partial charge is 0.345 e. The highest BCUT2D eigenvalue weighted by Gasteiger charge is 2.17. The summed E-state index contributed by atoms with van der Waals surface area (Å²) in [5.74, 6) is 0. The average Bonchev–Trinajstić information content (AvgIpc) is 2.74. The normalized spacial score (nSPS) is 21.0. The molecular formula is C11H20N4S. The van der Waals surface area contributed by atoms with Crippen LogP contribution in [0.4, 0.5) is 5.13 Å². The molecule has 1 fully saturated rings. The summed E-state index contributed by atoms with van der Waals surface area (Å²) in [4.78, 5) is 2.33. The lowest BCUT2D eigenvalue weighted by molar-refractivity contribution is 0.400. The van der Waals surface area contributed by atoms with E-state index in [1.165, 1.54) is 19.3 Å². The maximum atomic E-state index is 4.22. The van der Waals surface area contributed by atoms with Crippen LogP contribution in [0.2, 0.25) is 0 Å². The average molecular weight is 240 g/mol. The maximum Gasteiger partial charge on any atom is 0.208 e. The van der Waals surface area contributed by atoms with Crippen LogP contribution >= 0.6 is 11.3 Å². The molecule has 1 aliphatic heterocycles. The monoisotopic (exact) mass is 240 g/mol. The second kappa shape index (κ2) is 5.59. The number of piperidine rings is 1. The molecule has 0 radical (unpaired) electrons. The van der Waals surface area contributed by atoms with Crippen molar-refractivity contribution in [3.05, 3.63) is 5.01 Å². The van der Waals surface area contributed by atoms with E-state index in [2.05, 4.69) is 27.3 Å². The van der Waals surface area contributed by atoms with Crippen LogP contribution in [0.3, 0.4) is 0 Å². The molecular weight excluding hydrogens is 220 g/mol. The molecule has 0 amide bonds. The van der Waals surface area contributed by atoms with Gasteiger partial charge in [-0.1, -0.05) is 17.8 Å². The maximum absolute atomic E-state index is 4.22. The molecule has 4 nitrogen and oxygen atoms in total. The Bertz CT molecular complexity index is 320. The molecule has 16 heavy (non-hydrogen) atoms. The van der Waals surface area contributed by atoms with Crippen LogP contribution in [0, 0.1) is 6.92 Å². The Kier molecular flexibility index (Phi) is 4.12. The quantitative estimate of drug-likeness (QED) is 0.871. The van der Waals surface area contributed by atoms with Crippen molar-refractivity contribution in [2.24, 2.45) is 0 Å². The van der Waals surface area contributed by atoms with Gasteiger partial charge in [0.1, 0.15) is 5.01 Å². The van der Waals surface area contributed by atoms with Crippen molar-refractivity contribution in [2.45, 2.75) is 39.2 Å². The first-order valence-electron chi connectivity index (χ1n) is 6.08. The first kappa shape index (κ1) is 11.8. The van der Waals surface area contributed by atoms with E-state index in [-0.39, 0.29) is 0 Å². The van der Waals surface area contributed by atoms with Gasteiger partial charge in [0.25, 0.3) is 0 Å². The topological polar surface area (TPSA) is 41.0 Å². The van der Waals surface area contributed by atoms with Crippen molar-refractivity contribution in [3.63, 3.8) is 0 Å². The first-order valence-corrected chi connectivity index (χ1v) is 6.89. The molecule has 0 aromatic carbocycles. The van der Waals surface area contributed by atoms with Crippen LogP contribution in [-0.2, 0) is 0 Å². The van der Waals surface area contributed by atoms with Crippen molar-refractivity contribution >= 4 is 16.5 Å². The number of rotatable bonds is 4. The molecule has 1 aliphatic rings. The summed E-state index contributed by atoms with van der Waals surface area (Å²) in [5.41, 5.74) is 0. The predicted octanol–water partition coefficient (Wildman–Crippen LogP) is 1.81. The zero-order valence-electron chi connectivity index (χ0n) is 10.1. The summed E-state index contributed by atoms with van der Waals surface area (Å²) in [6.45, 7) is 7.42. The van der Waals surface area contributed by atoms with Gasteiger partial charge in [-0.15, -0.1) is 10.2 Å². The second-order valence-electron chi connectivity index (χ2n) is 4.29. The Balaban J connectivity index is 1.94. The molecule has 2 heterocycles. The Morgan fingerprint density at radius 2 is 2.31 bits per heavy atom. The molecule has 1 aromatic heterocycles. The van der Waals surface area contributed by atoms with Crippen LogP contribution in [0.25, 0.3) is 0 Å². The molecule has 1 aromatic rings. The van der Waals surface area contributed by atoms with Crippen molar-refractivity contribution in [1.82, 2.24) is 15.5 Å². The van der Waals surface area contributed by atoms with Gasteiger partial charge in [-0.25, -0.2) is 0 Å². The van der Waals surface area contributed by atoms with Gasteiger partial charge in [0.05, 0.1) is 0 Å². The molecule has 5 heteroatoms. The molecule has 1 saturated heterocycles. The zero-order valence-corrected chi connectivity index (χ0v) is 10.9. The first-order chi connectivity index (χ1) is 7.79. The number of hydrogen-bond donors (Lipinski definition) is 1. The van der Waals surface area contributed by atoms with Crippen LogP contribution in [-0.4, -0.2) is 35.9 Å². The van der Waals surface area contributed by atoms with Crippen molar-refractivity contribution in [3.8, 4) is 0 Å². The van der Waals surface area contributed by atoms with E-state index >= 15 is 0 Å². The van der Waals surface area contributed by atoms with E-state index in [0.717, 1.165) is 29.8 Å². The number of nitrogens with one attached hydrogen (secondary N) is 1. The number of hydrogen-bond acceptors (Lipinski definition) is 5. The Morgan fingerprint density at radius 1 is 1.44 bits per heavy atom. The standard InChI is InChI=1S/C11H20N4S/c1-3-15(11-14-13-9(2)16-11)8-10-6-4-5-7-12-10/h10,12H,3-8H2,1-2H3. The fraction of sp³-hybridized carbons (Fsp3) is 0.818. The number of nitrogens with zero attached hydrogens (tertiary/aromatic N) is 3. The minimum absolute atomic E-state index is 0.623. The molecule has 0 saturated carbocycles. The summed E-state index contributed by atoms with van der Waals surface area (Å²) in [6, 6.07) is 0.623. The lowest BCUT2D eigenvalue weighted by Gasteiger charge is -2.29. The SMILES string of the molecule is CCN(CC1CCCCN1)c1nnc(C)s1. The molecule has 1 unspecified atom stereocenters. The molecule has 2 rings (SSSR count). The molecule has 0 spiro atoms. The molecule has 1 atom stereocenters. The molecule has 90 valence electrons. The van der Waals surface area contributed by atoms with E-state index in [1.807, 2.05) is 6.92 Å². The van der Waals surface area contributed by atoms with Gasteiger partial charge in [-0.05, 0) is 33.2 Å². The molecule has 1 N–H and O–H groups in total. The van der Waals surface area contributed by atoms with Gasteiger partial charge in [0, 0.05) is 19.1 Å². The highest BCUT2D eigenvalue weighted by Crippen LogP contribution is 2.20. The van der Waals surface area contributed by atoms with E-state index in [0.29, 0.717) is 6.04 Å². The van der Waals surface area contributed by atoms with Gasteiger partial charge >= 0.3 is 0 Å². The van der Waals surface area contributed by atoms with E-state index in [9.17, 15) is 0 Å². The number of likely N-dealkylation sites (N-methyl/N-ethyl adjacent to an activating group) is 1. The minimum Gasteiger partial charge on any atom is -0.345 e. The van der Waals surface area contributed by atoms with Crippen LogP contribution < -0.4 is 10.2 Å². The van der Waals surface area contributed by atoms with Crippen LogP contribution in [0.1, 0.15) is 31.2 Å². The Hall–Kier alpha value is -0.680. The van der Waals surface area contributed by atoms with Crippen molar-refractivity contribution in [1.29, 1.82) is 0 Å². The van der Waals surface area contributed by atoms with E-state index < -0.39 is 0 Å². The third kappa shape index (κ3) is 2.92. The highest BCUT2D eigenvalue weighted by molar-refractivity contribution is 7.15. The van der Waals surface area contributed by atoms with Gasteiger partial charge in [0.2, 0.25) is 5.13 Å². The van der Waals surface area contributed by atoms with Crippen molar-refractivity contribution < 1.29 is 0 Å². The molecule has 0 aliphatic carbocycles. The summed E-state index contributed by atoms with van der Waals surface area (Å²) in [6.07, 6.45) is 3.96. The van der Waals surface area contributed by atoms with E-state index in [4.69, 9.17) is 0 Å². The molecule has 0 bridgehead atoms. The lowest BCUT2D eigenvalue weighted by atomic mass is 10.0. The van der Waals surface area contributed by atoms with Crippen LogP contribution in [0.5, 0.6) is 0 Å². The van der Waals surface area contributed by atoms with E-state index in [1.54, 1.807) is 11.3 Å². The van der Waals surface area contributed by atoms with Gasteiger partial charge in [0.15, 0.2) is 0 Å². The summed E-state index contributed by atoms with van der Waals surface area (Å²) in [5, 5.41) is 14.0. The van der Waals surface area contributed by atoms with Crippen LogP contribution in [0.15, 0.2) is 0 Å². The lowest BCUT2D eigenvalue weighted by Crippen LogP contribution is -2.43. The number of aryl methyl sites for hydroxylation is 1. The fourth-order valence-corrected chi connectivity index (χ4v) is 2.86. The van der Waals surface area contributed by atoms with Gasteiger partial charge in [-0.2, -0.15) is 0 Å². The van der Waals surface area contributed by atoms with Crippen molar-refractivity contribution in [2.75, 3.05) is 24.5 Å². The Labute approximate surface area is 101 Å². The second-order valence-corrected chi connectivity index (χ2v) is 5.45. The van der Waals surface area contributed by atoms with Gasteiger partial charge < -0.3 is 10.2 Å². The summed E-state index contributed by atoms with van der Waals surface area (Å²) < 4.78 is 0. The minimum atomic E-state index is 0.623. The Morgan fingerprint density at radius 3 is 2.88 bits per heavy atom. The third-order valence-corrected chi connectivity index (χ3v) is 3.92. The zero-order chi connectivity index (χ0) is 11.4. The smallest absolute Gasteiger partial charge is 0.208 e. The predicted molar refractivity (Wildman–Crippen MR) is 68.2 cm³/mol. The fourth-order valence-electron chi connectivity index (χ4n) is 2.10. The number of anilines is 1. The summed E-state index contributed by atoms with van der Waals surface area (Å²) >= 11 is 1.68. The third-order valence-electron chi connectivity index (χ3n) is 3.02.